The first-order valence-corrected chi connectivity index (χ1v) is 6.93. The molecule has 0 fully saturated rings. The van der Waals surface area contributed by atoms with Gasteiger partial charge in [0, 0.05) is 14.1 Å². The summed E-state index contributed by atoms with van der Waals surface area (Å²) < 4.78 is 0. The molecule has 3 nitrogen and oxygen atoms in total. The first kappa shape index (κ1) is 14.3. The molecule has 3 heteroatoms. The van der Waals surface area contributed by atoms with E-state index in [0.717, 1.165) is 12.1 Å². The van der Waals surface area contributed by atoms with Gasteiger partial charge in [-0.05, 0) is 36.2 Å². The van der Waals surface area contributed by atoms with Gasteiger partial charge >= 0.3 is 0 Å². The number of nitrogens with zero attached hydrogens (tertiary/aromatic N) is 1. The topological polar surface area (TPSA) is 35.5 Å². The van der Waals surface area contributed by atoms with Gasteiger partial charge in [0.15, 0.2) is 0 Å². The summed E-state index contributed by atoms with van der Waals surface area (Å²) in [7, 11) is 4.09. The van der Waals surface area contributed by atoms with Crippen molar-refractivity contribution >= 4 is 11.4 Å². The molecule has 0 saturated heterocycles. The first-order chi connectivity index (χ1) is 9.61. The third-order valence-corrected chi connectivity index (χ3v) is 3.42. The van der Waals surface area contributed by atoms with Gasteiger partial charge in [0.05, 0.1) is 17.4 Å². The molecule has 1 atom stereocenters. The van der Waals surface area contributed by atoms with E-state index in [0.29, 0.717) is 5.75 Å². The lowest BCUT2D eigenvalue weighted by molar-refractivity contribution is 0.475. The van der Waals surface area contributed by atoms with Crippen LogP contribution in [0.5, 0.6) is 5.75 Å². The van der Waals surface area contributed by atoms with E-state index in [-0.39, 0.29) is 6.04 Å². The van der Waals surface area contributed by atoms with Crippen LogP contribution >= 0.6 is 0 Å². The van der Waals surface area contributed by atoms with Crippen molar-refractivity contribution in [2.75, 3.05) is 24.3 Å². The van der Waals surface area contributed by atoms with Gasteiger partial charge in [0.1, 0.15) is 5.75 Å². The predicted octanol–water partition coefficient (Wildman–Crippen LogP) is 4.02. The van der Waals surface area contributed by atoms with E-state index in [2.05, 4.69) is 29.3 Å². The lowest BCUT2D eigenvalue weighted by Gasteiger charge is -2.23. The van der Waals surface area contributed by atoms with Gasteiger partial charge in [-0.25, -0.2) is 0 Å². The molecule has 2 rings (SSSR count). The van der Waals surface area contributed by atoms with Crippen LogP contribution in [0.4, 0.5) is 11.4 Å². The largest absolute Gasteiger partial charge is 0.508 e. The van der Waals surface area contributed by atoms with Crippen LogP contribution in [0.3, 0.4) is 0 Å². The molecule has 0 heterocycles. The van der Waals surface area contributed by atoms with Crippen molar-refractivity contribution in [1.82, 2.24) is 0 Å². The molecule has 0 amide bonds. The Morgan fingerprint density at radius 3 is 2.30 bits per heavy atom. The van der Waals surface area contributed by atoms with Crippen LogP contribution in [0.25, 0.3) is 0 Å². The van der Waals surface area contributed by atoms with E-state index >= 15 is 0 Å². The second kappa shape index (κ2) is 6.33. The Hall–Kier alpha value is -2.16. The maximum Gasteiger partial charge on any atom is 0.115 e. The number of hydrogen-bond donors (Lipinski definition) is 2. The van der Waals surface area contributed by atoms with Crippen LogP contribution in [0.2, 0.25) is 0 Å². The molecule has 0 aliphatic carbocycles. The lowest BCUT2D eigenvalue weighted by atomic mass is 10.0. The van der Waals surface area contributed by atoms with E-state index in [1.807, 2.05) is 38.4 Å². The minimum Gasteiger partial charge on any atom is -0.508 e. The summed E-state index contributed by atoms with van der Waals surface area (Å²) >= 11 is 0. The highest BCUT2D eigenvalue weighted by Gasteiger charge is 2.11. The van der Waals surface area contributed by atoms with Gasteiger partial charge in [-0.15, -0.1) is 0 Å². The monoisotopic (exact) mass is 270 g/mol. The third-order valence-electron chi connectivity index (χ3n) is 3.42. The van der Waals surface area contributed by atoms with Gasteiger partial charge in [0.2, 0.25) is 0 Å². The standard InChI is InChI=1S/C17H22N2O/c1-4-15(13-9-11-14(20)12-10-13)18-16-7-5-6-8-17(16)19(2)3/h5-12,15,18,20H,4H2,1-3H3. The van der Waals surface area contributed by atoms with Crippen LogP contribution < -0.4 is 10.2 Å². The Labute approximate surface area is 120 Å². The number of phenolic OH excluding ortho intramolecular Hbond substituents is 1. The molecule has 0 aromatic heterocycles. The highest BCUT2D eigenvalue weighted by molar-refractivity contribution is 5.69. The smallest absolute Gasteiger partial charge is 0.115 e. The Bertz CT molecular complexity index is 549. The average molecular weight is 270 g/mol. The van der Waals surface area contributed by atoms with Crippen LogP contribution in [0, 0.1) is 0 Å². The fourth-order valence-electron chi connectivity index (χ4n) is 2.30. The van der Waals surface area contributed by atoms with Gasteiger partial charge in [0.25, 0.3) is 0 Å². The molecule has 0 radical (unpaired) electrons. The molecule has 1 unspecified atom stereocenters. The molecule has 0 aliphatic rings. The summed E-state index contributed by atoms with van der Waals surface area (Å²) in [5, 5.41) is 13.0. The fourth-order valence-corrected chi connectivity index (χ4v) is 2.30. The number of anilines is 2. The highest BCUT2D eigenvalue weighted by Crippen LogP contribution is 2.29. The second-order valence-electron chi connectivity index (χ2n) is 5.11. The zero-order valence-electron chi connectivity index (χ0n) is 12.3. The van der Waals surface area contributed by atoms with E-state index in [1.165, 1.54) is 11.3 Å². The van der Waals surface area contributed by atoms with Crippen molar-refractivity contribution in [1.29, 1.82) is 0 Å². The van der Waals surface area contributed by atoms with Crippen LogP contribution in [-0.4, -0.2) is 19.2 Å². The number of phenols is 1. The highest BCUT2D eigenvalue weighted by atomic mass is 16.3. The number of para-hydroxylation sites is 2. The zero-order chi connectivity index (χ0) is 14.5. The van der Waals surface area contributed by atoms with Crippen LogP contribution in [0.1, 0.15) is 24.9 Å². The Balaban J connectivity index is 2.24. The lowest BCUT2D eigenvalue weighted by Crippen LogP contribution is -2.15. The summed E-state index contributed by atoms with van der Waals surface area (Å²) in [5.41, 5.74) is 3.47. The van der Waals surface area contributed by atoms with E-state index in [4.69, 9.17) is 0 Å². The molecule has 0 spiro atoms. The second-order valence-corrected chi connectivity index (χ2v) is 5.11. The summed E-state index contributed by atoms with van der Waals surface area (Å²) in [6.45, 7) is 2.16. The van der Waals surface area contributed by atoms with Crippen molar-refractivity contribution in [3.05, 3.63) is 54.1 Å². The minimum absolute atomic E-state index is 0.233. The van der Waals surface area contributed by atoms with Gasteiger partial charge in [-0.3, -0.25) is 0 Å². The van der Waals surface area contributed by atoms with Gasteiger partial charge < -0.3 is 15.3 Å². The molecule has 0 bridgehead atoms. The Morgan fingerprint density at radius 1 is 1.05 bits per heavy atom. The molecule has 20 heavy (non-hydrogen) atoms. The summed E-state index contributed by atoms with van der Waals surface area (Å²) in [6, 6.07) is 15.9. The minimum atomic E-state index is 0.233. The van der Waals surface area contributed by atoms with Crippen molar-refractivity contribution in [3.8, 4) is 5.75 Å². The zero-order valence-corrected chi connectivity index (χ0v) is 12.3. The predicted molar refractivity (Wildman–Crippen MR) is 85.5 cm³/mol. The molecule has 2 aromatic carbocycles. The molecule has 0 aliphatic heterocycles. The van der Waals surface area contributed by atoms with Gasteiger partial charge in [-0.2, -0.15) is 0 Å². The summed E-state index contributed by atoms with van der Waals surface area (Å²) in [4.78, 5) is 2.10. The van der Waals surface area contributed by atoms with Crippen molar-refractivity contribution in [2.24, 2.45) is 0 Å². The van der Waals surface area contributed by atoms with E-state index in [9.17, 15) is 5.11 Å². The molecule has 2 aromatic rings. The molecular formula is C17H22N2O. The summed E-state index contributed by atoms with van der Waals surface area (Å²) in [6.07, 6.45) is 0.979. The quantitative estimate of drug-likeness (QED) is 0.861. The Kier molecular flexibility index (Phi) is 4.51. The fraction of sp³-hybridized carbons (Fsp3) is 0.294. The number of benzene rings is 2. The average Bonchev–Trinajstić information content (AvgIpc) is 2.46. The third kappa shape index (κ3) is 3.23. The molecule has 2 N–H and O–H groups in total. The van der Waals surface area contributed by atoms with Gasteiger partial charge in [-0.1, -0.05) is 31.2 Å². The normalized spacial score (nSPS) is 11.9. The van der Waals surface area contributed by atoms with Crippen LogP contribution in [0.15, 0.2) is 48.5 Å². The van der Waals surface area contributed by atoms with E-state index in [1.54, 1.807) is 12.1 Å². The molecular weight excluding hydrogens is 248 g/mol. The SMILES string of the molecule is CCC(Nc1ccccc1N(C)C)c1ccc(O)cc1. The van der Waals surface area contributed by atoms with Crippen LogP contribution in [-0.2, 0) is 0 Å². The Morgan fingerprint density at radius 2 is 1.70 bits per heavy atom. The van der Waals surface area contributed by atoms with E-state index < -0.39 is 0 Å². The van der Waals surface area contributed by atoms with Crippen molar-refractivity contribution < 1.29 is 5.11 Å². The van der Waals surface area contributed by atoms with Crippen molar-refractivity contribution in [3.63, 3.8) is 0 Å². The first-order valence-electron chi connectivity index (χ1n) is 6.93. The maximum absolute atomic E-state index is 9.39. The maximum atomic E-state index is 9.39. The number of rotatable bonds is 5. The molecule has 106 valence electrons. The number of aromatic hydroxyl groups is 1. The molecule has 0 saturated carbocycles. The van der Waals surface area contributed by atoms with Crippen molar-refractivity contribution in [2.45, 2.75) is 19.4 Å². The summed E-state index contributed by atoms with van der Waals surface area (Å²) in [5.74, 6) is 0.303. The number of nitrogens with one attached hydrogen (secondary N) is 1. The number of hydrogen-bond acceptors (Lipinski definition) is 3.